The third kappa shape index (κ3) is 9.00. The fourth-order valence-electron chi connectivity index (χ4n) is 5.66. The lowest BCUT2D eigenvalue weighted by Gasteiger charge is -2.25. The maximum Gasteiger partial charge on any atom is 0.295 e. The van der Waals surface area contributed by atoms with Gasteiger partial charge in [-0.2, -0.15) is 0 Å². The fraction of sp³-hybridized carbons (Fsp3) is 0.529. The zero-order chi connectivity index (χ0) is 29.6. The molecule has 0 spiro atoms. The van der Waals surface area contributed by atoms with Crippen LogP contribution in [-0.2, 0) is 9.59 Å². The van der Waals surface area contributed by atoms with Gasteiger partial charge in [0.2, 0.25) is 0 Å². The highest BCUT2D eigenvalue weighted by Crippen LogP contribution is 2.42. The molecule has 1 atom stereocenters. The van der Waals surface area contributed by atoms with Crippen molar-refractivity contribution in [2.75, 3.05) is 6.54 Å². The predicted molar refractivity (Wildman–Crippen MR) is 164 cm³/mol. The van der Waals surface area contributed by atoms with E-state index in [1.54, 1.807) is 42.5 Å². The Labute approximate surface area is 244 Å². The molecule has 0 bridgehead atoms. The molecule has 1 N–H and O–H groups in total. The number of carbonyl (C=O) groups excluding carboxylic acids is 2. The van der Waals surface area contributed by atoms with Crippen molar-refractivity contribution >= 4 is 23.1 Å². The van der Waals surface area contributed by atoms with E-state index in [-0.39, 0.29) is 22.6 Å². The number of hydrogen-bond acceptors (Lipinski definition) is 5. The summed E-state index contributed by atoms with van der Waals surface area (Å²) in [7, 11) is 0. The standard InChI is InChI=1S/C34H46N2O5/c1-3-4-5-6-7-8-9-10-11-12-13-14-15-18-25-35-31(28-19-16-17-20-29(28)36(40)41)30(33(38)34(35)39)32(37)27-23-21-26(2)22-24-27/h16-17,19-24,31,37H,3-15,18,25H2,1-2H3/b32-30+. The minimum Gasteiger partial charge on any atom is -0.507 e. The van der Waals surface area contributed by atoms with Crippen LogP contribution in [0.3, 0.4) is 0 Å². The van der Waals surface area contributed by atoms with Crippen LogP contribution in [0.1, 0.15) is 120 Å². The first kappa shape index (κ1) is 32.0. The quantitative estimate of drug-likeness (QED) is 0.0488. The number of benzene rings is 2. The molecule has 0 saturated carbocycles. The highest BCUT2D eigenvalue weighted by molar-refractivity contribution is 6.46. The van der Waals surface area contributed by atoms with Gasteiger partial charge in [0, 0.05) is 18.2 Å². The summed E-state index contributed by atoms with van der Waals surface area (Å²) < 4.78 is 0. The van der Waals surface area contributed by atoms with Gasteiger partial charge in [-0.25, -0.2) is 0 Å². The Morgan fingerprint density at radius 2 is 1.32 bits per heavy atom. The van der Waals surface area contributed by atoms with Crippen LogP contribution in [0, 0.1) is 17.0 Å². The summed E-state index contributed by atoms with van der Waals surface area (Å²) in [6, 6.07) is 12.1. The Bertz CT molecular complexity index is 1190. The van der Waals surface area contributed by atoms with Crippen LogP contribution in [-0.4, -0.2) is 33.2 Å². The molecule has 1 aliphatic rings. The Morgan fingerprint density at radius 3 is 1.85 bits per heavy atom. The fourth-order valence-corrected chi connectivity index (χ4v) is 5.66. The van der Waals surface area contributed by atoms with E-state index in [9.17, 15) is 24.8 Å². The molecule has 1 amide bonds. The minimum absolute atomic E-state index is 0.0986. The number of nitrogens with zero attached hydrogens (tertiary/aromatic N) is 2. The molecular formula is C34H46N2O5. The van der Waals surface area contributed by atoms with Crippen molar-refractivity contribution in [1.29, 1.82) is 0 Å². The lowest BCUT2D eigenvalue weighted by Crippen LogP contribution is -2.31. The Hall–Kier alpha value is -3.48. The second-order valence-corrected chi connectivity index (χ2v) is 11.3. The number of rotatable bonds is 18. The minimum atomic E-state index is -1.01. The first-order valence-corrected chi connectivity index (χ1v) is 15.5. The van der Waals surface area contributed by atoms with Crippen molar-refractivity contribution in [2.45, 2.75) is 110 Å². The third-order valence-electron chi connectivity index (χ3n) is 8.05. The van der Waals surface area contributed by atoms with Gasteiger partial charge in [0.25, 0.3) is 17.4 Å². The van der Waals surface area contributed by atoms with E-state index < -0.39 is 22.7 Å². The Balaban J connectivity index is 1.61. The molecule has 0 aliphatic carbocycles. The number of nitro groups is 1. The predicted octanol–water partition coefficient (Wildman–Crippen LogP) is 8.81. The molecule has 1 fully saturated rings. The van der Waals surface area contributed by atoms with E-state index in [1.165, 1.54) is 75.2 Å². The second kappa shape index (κ2) is 16.7. The Morgan fingerprint density at radius 1 is 0.805 bits per heavy atom. The third-order valence-corrected chi connectivity index (χ3v) is 8.05. The summed E-state index contributed by atoms with van der Waals surface area (Å²) in [6.45, 7) is 4.45. The molecule has 7 nitrogen and oxygen atoms in total. The Kier molecular flexibility index (Phi) is 13.1. The van der Waals surface area contributed by atoms with Gasteiger partial charge in [-0.1, -0.05) is 132 Å². The molecule has 1 heterocycles. The number of carbonyl (C=O) groups is 2. The molecule has 1 saturated heterocycles. The number of Topliss-reactive ketones (excluding diaryl/α,β-unsaturated/α-hetero) is 1. The molecule has 41 heavy (non-hydrogen) atoms. The van der Waals surface area contributed by atoms with Gasteiger partial charge in [0.05, 0.1) is 22.1 Å². The summed E-state index contributed by atoms with van der Waals surface area (Å²) in [5.41, 5.74) is 1.33. The van der Waals surface area contributed by atoms with E-state index in [1.807, 2.05) is 6.92 Å². The van der Waals surface area contributed by atoms with Gasteiger partial charge in [-0.3, -0.25) is 19.7 Å². The number of nitro benzene ring substituents is 1. The van der Waals surface area contributed by atoms with Crippen LogP contribution < -0.4 is 0 Å². The normalized spacial score (nSPS) is 16.4. The van der Waals surface area contributed by atoms with Crippen molar-refractivity contribution in [2.24, 2.45) is 0 Å². The van der Waals surface area contributed by atoms with Crippen molar-refractivity contribution in [3.05, 3.63) is 80.9 Å². The number of unbranched alkanes of at least 4 members (excludes halogenated alkanes) is 13. The first-order valence-electron chi connectivity index (χ1n) is 15.5. The monoisotopic (exact) mass is 562 g/mol. The molecule has 0 radical (unpaired) electrons. The van der Waals surface area contributed by atoms with Gasteiger partial charge in [-0.05, 0) is 19.4 Å². The number of likely N-dealkylation sites (tertiary alicyclic amines) is 1. The molecule has 2 aromatic rings. The van der Waals surface area contributed by atoms with Gasteiger partial charge < -0.3 is 10.0 Å². The van der Waals surface area contributed by atoms with Crippen LogP contribution >= 0.6 is 0 Å². The molecule has 2 aromatic carbocycles. The summed E-state index contributed by atoms with van der Waals surface area (Å²) in [5.74, 6) is -1.84. The molecule has 0 aromatic heterocycles. The second-order valence-electron chi connectivity index (χ2n) is 11.3. The average molecular weight is 563 g/mol. The van der Waals surface area contributed by atoms with Crippen molar-refractivity contribution < 1.29 is 19.6 Å². The highest BCUT2D eigenvalue weighted by atomic mass is 16.6. The summed E-state index contributed by atoms with van der Waals surface area (Å²) in [4.78, 5) is 39.2. The van der Waals surface area contributed by atoms with E-state index >= 15 is 0 Å². The van der Waals surface area contributed by atoms with Gasteiger partial charge in [-0.15, -0.1) is 0 Å². The smallest absolute Gasteiger partial charge is 0.295 e. The van der Waals surface area contributed by atoms with E-state index in [4.69, 9.17) is 0 Å². The van der Waals surface area contributed by atoms with E-state index in [0.717, 1.165) is 24.8 Å². The first-order chi connectivity index (χ1) is 19.9. The van der Waals surface area contributed by atoms with Gasteiger partial charge in [0.15, 0.2) is 0 Å². The van der Waals surface area contributed by atoms with Crippen molar-refractivity contribution in [3.63, 3.8) is 0 Å². The molecule has 1 unspecified atom stereocenters. The van der Waals surface area contributed by atoms with E-state index in [2.05, 4.69) is 6.92 Å². The highest BCUT2D eigenvalue weighted by Gasteiger charge is 2.47. The maximum atomic E-state index is 13.2. The largest absolute Gasteiger partial charge is 0.507 e. The van der Waals surface area contributed by atoms with Crippen LogP contribution in [0.5, 0.6) is 0 Å². The maximum absolute atomic E-state index is 13.2. The van der Waals surface area contributed by atoms with Crippen LogP contribution in [0.2, 0.25) is 0 Å². The van der Waals surface area contributed by atoms with E-state index in [0.29, 0.717) is 18.5 Å². The lowest BCUT2D eigenvalue weighted by molar-refractivity contribution is -0.385. The van der Waals surface area contributed by atoms with Crippen LogP contribution in [0.25, 0.3) is 5.76 Å². The van der Waals surface area contributed by atoms with Gasteiger partial charge in [0.1, 0.15) is 5.76 Å². The number of hydrogen-bond donors (Lipinski definition) is 1. The zero-order valence-corrected chi connectivity index (χ0v) is 24.8. The zero-order valence-electron chi connectivity index (χ0n) is 24.8. The molecule has 222 valence electrons. The number of aliphatic hydroxyl groups excluding tert-OH is 1. The van der Waals surface area contributed by atoms with Crippen LogP contribution in [0.4, 0.5) is 5.69 Å². The average Bonchev–Trinajstić information content (AvgIpc) is 3.22. The lowest BCUT2D eigenvalue weighted by atomic mass is 9.94. The number of amides is 1. The number of aryl methyl sites for hydroxylation is 1. The van der Waals surface area contributed by atoms with Crippen LogP contribution in [0.15, 0.2) is 54.1 Å². The number of aliphatic hydroxyl groups is 1. The topological polar surface area (TPSA) is 101 Å². The molecule has 1 aliphatic heterocycles. The SMILES string of the molecule is CCCCCCCCCCCCCCCCN1C(=O)C(=O)/C(=C(/O)c2ccc(C)cc2)C1c1ccccc1[N+](=O)[O-]. The molecular weight excluding hydrogens is 516 g/mol. The molecule has 3 rings (SSSR count). The number of para-hydroxylation sites is 1. The van der Waals surface area contributed by atoms with Crippen molar-refractivity contribution in [3.8, 4) is 0 Å². The summed E-state index contributed by atoms with van der Waals surface area (Å²) in [6.07, 6.45) is 16.9. The summed E-state index contributed by atoms with van der Waals surface area (Å²) in [5, 5.41) is 23.1. The number of ketones is 1. The summed E-state index contributed by atoms with van der Waals surface area (Å²) >= 11 is 0. The van der Waals surface area contributed by atoms with Gasteiger partial charge >= 0.3 is 0 Å². The van der Waals surface area contributed by atoms with Crippen molar-refractivity contribution in [1.82, 2.24) is 4.90 Å². The molecule has 7 heteroatoms.